The van der Waals surface area contributed by atoms with Crippen LogP contribution in [0.25, 0.3) is 0 Å². The highest BCUT2D eigenvalue weighted by Crippen LogP contribution is 2.18. The molecule has 0 saturated carbocycles. The van der Waals surface area contributed by atoms with Gasteiger partial charge in [0.2, 0.25) is 5.22 Å². The lowest BCUT2D eigenvalue weighted by atomic mass is 10.2. The van der Waals surface area contributed by atoms with Gasteiger partial charge in [-0.25, -0.2) is 0 Å². The van der Waals surface area contributed by atoms with Crippen LogP contribution in [0.15, 0.2) is 16.7 Å². The summed E-state index contributed by atoms with van der Waals surface area (Å²) in [4.78, 5) is 13.2. The average molecular weight is 248 g/mol. The largest absolute Gasteiger partial charge is 0.452 e. The van der Waals surface area contributed by atoms with Gasteiger partial charge in [0.1, 0.15) is 0 Å². The molecule has 1 amide bonds. The lowest BCUT2D eigenvalue weighted by Crippen LogP contribution is -2.36. The maximum absolute atomic E-state index is 11.8. The minimum atomic E-state index is -0.718. The summed E-state index contributed by atoms with van der Waals surface area (Å²) in [6.07, 6.45) is 0.624. The highest BCUT2D eigenvalue weighted by Gasteiger charge is 2.19. The van der Waals surface area contributed by atoms with Crippen molar-refractivity contribution in [3.05, 3.63) is 23.1 Å². The highest BCUT2D eigenvalue weighted by molar-refractivity contribution is 6.32. The number of amides is 1. The molecule has 1 atom stereocenters. The molecule has 0 bridgehead atoms. The molecule has 1 aromatic rings. The SMILES string of the molecule is COCC(O)CN(C)C(=O)c1ccoc1Cl. The number of furan rings is 1. The minimum absolute atomic E-state index is 0.0538. The summed E-state index contributed by atoms with van der Waals surface area (Å²) >= 11 is 5.68. The molecule has 1 aromatic heterocycles. The van der Waals surface area contributed by atoms with E-state index in [4.69, 9.17) is 20.8 Å². The fraction of sp³-hybridized carbons (Fsp3) is 0.500. The third-order valence-corrected chi connectivity index (χ3v) is 2.33. The zero-order valence-corrected chi connectivity index (χ0v) is 9.90. The molecule has 0 aliphatic carbocycles. The molecule has 90 valence electrons. The lowest BCUT2D eigenvalue weighted by molar-refractivity contribution is 0.0380. The molecule has 1 rings (SSSR count). The van der Waals surface area contributed by atoms with E-state index in [0.29, 0.717) is 0 Å². The molecule has 6 heteroatoms. The smallest absolute Gasteiger partial charge is 0.258 e. The molecule has 16 heavy (non-hydrogen) atoms. The Labute approximate surface area is 98.5 Å². The van der Waals surface area contributed by atoms with E-state index in [1.165, 1.54) is 24.3 Å². The molecule has 1 heterocycles. The maximum Gasteiger partial charge on any atom is 0.258 e. The fourth-order valence-electron chi connectivity index (χ4n) is 1.30. The fourth-order valence-corrected chi connectivity index (χ4v) is 1.49. The van der Waals surface area contributed by atoms with Crippen LogP contribution in [-0.4, -0.2) is 49.3 Å². The number of hydrogen-bond donors (Lipinski definition) is 1. The lowest BCUT2D eigenvalue weighted by Gasteiger charge is -2.19. The van der Waals surface area contributed by atoms with E-state index >= 15 is 0 Å². The molecule has 0 radical (unpaired) electrons. The summed E-state index contributed by atoms with van der Waals surface area (Å²) < 4.78 is 9.59. The highest BCUT2D eigenvalue weighted by atomic mass is 35.5. The first-order valence-corrected chi connectivity index (χ1v) is 5.09. The Morgan fingerprint density at radius 2 is 2.44 bits per heavy atom. The Hall–Kier alpha value is -1.04. The Morgan fingerprint density at radius 3 is 2.94 bits per heavy atom. The summed E-state index contributed by atoms with van der Waals surface area (Å²) in [6, 6.07) is 1.49. The van der Waals surface area contributed by atoms with Crippen molar-refractivity contribution in [1.82, 2.24) is 4.90 Å². The third-order valence-electron chi connectivity index (χ3n) is 2.04. The van der Waals surface area contributed by atoms with Crippen molar-refractivity contribution in [2.45, 2.75) is 6.10 Å². The van der Waals surface area contributed by atoms with Crippen molar-refractivity contribution in [3.8, 4) is 0 Å². The van der Waals surface area contributed by atoms with Crippen LogP contribution in [0.1, 0.15) is 10.4 Å². The van der Waals surface area contributed by atoms with E-state index in [2.05, 4.69) is 0 Å². The van der Waals surface area contributed by atoms with Crippen molar-refractivity contribution < 1.29 is 19.1 Å². The molecular weight excluding hydrogens is 234 g/mol. The van der Waals surface area contributed by atoms with Gasteiger partial charge in [0.05, 0.1) is 24.5 Å². The van der Waals surface area contributed by atoms with Gasteiger partial charge in [0.25, 0.3) is 5.91 Å². The van der Waals surface area contributed by atoms with E-state index in [1.54, 1.807) is 7.05 Å². The summed E-state index contributed by atoms with van der Waals surface area (Å²) in [5, 5.41) is 9.51. The van der Waals surface area contributed by atoms with Gasteiger partial charge in [-0.3, -0.25) is 4.79 Å². The van der Waals surface area contributed by atoms with Crippen LogP contribution in [0.5, 0.6) is 0 Å². The molecule has 0 aromatic carbocycles. The van der Waals surface area contributed by atoms with Gasteiger partial charge in [0, 0.05) is 20.7 Å². The van der Waals surface area contributed by atoms with Gasteiger partial charge in [-0.05, 0) is 17.7 Å². The van der Waals surface area contributed by atoms with Crippen molar-refractivity contribution in [2.24, 2.45) is 0 Å². The summed E-state index contributed by atoms with van der Waals surface area (Å²) in [5.74, 6) is -0.297. The molecule has 0 fully saturated rings. The molecule has 1 unspecified atom stereocenters. The van der Waals surface area contributed by atoms with Crippen LogP contribution in [0.4, 0.5) is 0 Å². The van der Waals surface area contributed by atoms with Crippen LogP contribution < -0.4 is 0 Å². The van der Waals surface area contributed by atoms with Crippen molar-refractivity contribution in [2.75, 3.05) is 27.3 Å². The second-order valence-electron chi connectivity index (χ2n) is 3.40. The van der Waals surface area contributed by atoms with Gasteiger partial charge < -0.3 is 19.2 Å². The topological polar surface area (TPSA) is 62.9 Å². The molecule has 0 aliphatic heterocycles. The minimum Gasteiger partial charge on any atom is -0.452 e. The molecule has 1 N–H and O–H groups in total. The number of carbonyl (C=O) groups excluding carboxylic acids is 1. The quantitative estimate of drug-likeness (QED) is 0.844. The number of methoxy groups -OCH3 is 1. The molecule has 0 aliphatic rings. The first-order chi connectivity index (χ1) is 7.56. The number of nitrogens with zero attached hydrogens (tertiary/aromatic N) is 1. The van der Waals surface area contributed by atoms with E-state index in [-0.39, 0.29) is 29.8 Å². The van der Waals surface area contributed by atoms with Gasteiger partial charge >= 0.3 is 0 Å². The molecular formula is C10H14ClNO4. The number of aliphatic hydroxyl groups excluding tert-OH is 1. The first-order valence-electron chi connectivity index (χ1n) is 4.71. The summed E-state index contributed by atoms with van der Waals surface area (Å²) in [7, 11) is 3.06. The van der Waals surface area contributed by atoms with Crippen molar-refractivity contribution >= 4 is 17.5 Å². The second-order valence-corrected chi connectivity index (χ2v) is 3.75. The van der Waals surface area contributed by atoms with Crippen LogP contribution >= 0.6 is 11.6 Å². The molecule has 0 saturated heterocycles. The van der Waals surface area contributed by atoms with Crippen molar-refractivity contribution in [3.63, 3.8) is 0 Å². The van der Waals surface area contributed by atoms with E-state index in [1.807, 2.05) is 0 Å². The number of ether oxygens (including phenoxy) is 1. The predicted molar refractivity (Wildman–Crippen MR) is 58.6 cm³/mol. The zero-order valence-electron chi connectivity index (χ0n) is 9.14. The monoisotopic (exact) mass is 247 g/mol. The first kappa shape index (κ1) is 13.0. The summed E-state index contributed by atoms with van der Waals surface area (Å²) in [5.41, 5.74) is 0.286. The Balaban J connectivity index is 2.58. The van der Waals surface area contributed by atoms with Gasteiger partial charge in [-0.2, -0.15) is 0 Å². The van der Waals surface area contributed by atoms with E-state index in [9.17, 15) is 9.90 Å². The van der Waals surface area contributed by atoms with E-state index < -0.39 is 6.10 Å². The second kappa shape index (κ2) is 5.89. The van der Waals surface area contributed by atoms with Crippen LogP contribution in [0.3, 0.4) is 0 Å². The third kappa shape index (κ3) is 3.23. The summed E-state index contributed by atoms with van der Waals surface area (Å²) in [6.45, 7) is 0.352. The van der Waals surface area contributed by atoms with E-state index in [0.717, 1.165) is 0 Å². The number of hydrogen-bond acceptors (Lipinski definition) is 4. The standard InChI is InChI=1S/C10H14ClNO4/c1-12(5-7(13)6-15-2)10(14)8-3-4-16-9(8)11/h3-4,7,13H,5-6H2,1-2H3. The number of aliphatic hydroxyl groups is 1. The number of halogens is 1. The Morgan fingerprint density at radius 1 is 1.75 bits per heavy atom. The number of rotatable bonds is 5. The van der Waals surface area contributed by atoms with Crippen LogP contribution in [-0.2, 0) is 4.74 Å². The zero-order chi connectivity index (χ0) is 12.1. The number of carbonyl (C=O) groups is 1. The van der Waals surface area contributed by atoms with Gasteiger partial charge in [-0.15, -0.1) is 0 Å². The Kier molecular flexibility index (Phi) is 4.79. The van der Waals surface area contributed by atoms with Crippen LogP contribution in [0.2, 0.25) is 5.22 Å². The predicted octanol–water partition coefficient (Wildman–Crippen LogP) is 1.01. The normalized spacial score (nSPS) is 12.5. The number of likely N-dealkylation sites (N-methyl/N-ethyl adjacent to an activating group) is 1. The van der Waals surface area contributed by atoms with Gasteiger partial charge in [-0.1, -0.05) is 0 Å². The van der Waals surface area contributed by atoms with Crippen LogP contribution in [0, 0.1) is 0 Å². The Bertz CT molecular complexity index is 352. The maximum atomic E-state index is 11.8. The van der Waals surface area contributed by atoms with Crippen molar-refractivity contribution in [1.29, 1.82) is 0 Å². The molecule has 5 nitrogen and oxygen atoms in total. The van der Waals surface area contributed by atoms with Gasteiger partial charge in [0.15, 0.2) is 0 Å². The molecule has 0 spiro atoms. The average Bonchev–Trinajstić information content (AvgIpc) is 2.63.